The molecule has 3 rings (SSSR count). The molecule has 2 heterocycles. The third kappa shape index (κ3) is 4.90. The van der Waals surface area contributed by atoms with Crippen LogP contribution in [-0.2, 0) is 0 Å². The van der Waals surface area contributed by atoms with Gasteiger partial charge in [-0.05, 0) is 37.1 Å². The van der Waals surface area contributed by atoms with Crippen molar-refractivity contribution in [3.63, 3.8) is 0 Å². The maximum absolute atomic E-state index is 10.3. The van der Waals surface area contributed by atoms with Gasteiger partial charge in [-0.15, -0.1) is 0 Å². The number of aliphatic hydroxyl groups is 1. The van der Waals surface area contributed by atoms with Crippen LogP contribution in [0.3, 0.4) is 0 Å². The lowest BCUT2D eigenvalue weighted by molar-refractivity contribution is 0.0659. The minimum absolute atomic E-state index is 0.312. The Labute approximate surface area is 149 Å². The second kappa shape index (κ2) is 8.27. The number of rotatable bonds is 6. The summed E-state index contributed by atoms with van der Waals surface area (Å²) in [6.07, 6.45) is 3.03. The molecule has 0 radical (unpaired) electrons. The number of piperazine rings is 1. The van der Waals surface area contributed by atoms with Crippen LogP contribution in [0.5, 0.6) is 5.75 Å². The molecule has 0 bridgehead atoms. The zero-order valence-corrected chi connectivity index (χ0v) is 14.9. The summed E-state index contributed by atoms with van der Waals surface area (Å²) in [5.41, 5.74) is 2.25. The standard InChI is InChI=1S/C19H26N4O2/c1-15-4-5-16(2)18(12-15)25-14-17(24)13-22-8-10-23(11-9-22)19-20-6-3-7-21-19/h3-7,12,17,24H,8-11,13-14H2,1-2H3/t17-/m1/s1. The Morgan fingerprint density at radius 2 is 1.84 bits per heavy atom. The van der Waals surface area contributed by atoms with Gasteiger partial charge < -0.3 is 14.7 Å². The van der Waals surface area contributed by atoms with Crippen LogP contribution in [-0.4, -0.2) is 65.4 Å². The van der Waals surface area contributed by atoms with E-state index in [9.17, 15) is 5.11 Å². The monoisotopic (exact) mass is 342 g/mol. The molecule has 1 aliphatic heterocycles. The highest BCUT2D eigenvalue weighted by Crippen LogP contribution is 2.19. The molecule has 1 fully saturated rings. The zero-order valence-electron chi connectivity index (χ0n) is 14.9. The number of aliphatic hydroxyl groups excluding tert-OH is 1. The number of anilines is 1. The van der Waals surface area contributed by atoms with Crippen molar-refractivity contribution in [3.8, 4) is 5.75 Å². The lowest BCUT2D eigenvalue weighted by atomic mass is 10.1. The minimum Gasteiger partial charge on any atom is -0.491 e. The van der Waals surface area contributed by atoms with Crippen molar-refractivity contribution < 1.29 is 9.84 Å². The van der Waals surface area contributed by atoms with E-state index in [1.165, 1.54) is 0 Å². The normalized spacial score (nSPS) is 16.7. The molecule has 1 atom stereocenters. The SMILES string of the molecule is Cc1ccc(C)c(OC[C@H](O)CN2CCN(c3ncccn3)CC2)c1. The molecule has 6 heteroatoms. The zero-order chi connectivity index (χ0) is 17.6. The fourth-order valence-electron chi connectivity index (χ4n) is 2.98. The highest BCUT2D eigenvalue weighted by molar-refractivity contribution is 5.36. The molecule has 0 saturated carbocycles. The van der Waals surface area contributed by atoms with Crippen molar-refractivity contribution >= 4 is 5.95 Å². The molecule has 134 valence electrons. The maximum atomic E-state index is 10.3. The largest absolute Gasteiger partial charge is 0.491 e. The fourth-order valence-corrected chi connectivity index (χ4v) is 2.98. The van der Waals surface area contributed by atoms with Crippen molar-refractivity contribution in [1.29, 1.82) is 0 Å². The average molecular weight is 342 g/mol. The summed E-state index contributed by atoms with van der Waals surface area (Å²) in [6.45, 7) is 8.51. The third-order valence-corrected chi connectivity index (χ3v) is 4.45. The number of aryl methyl sites for hydroxylation is 2. The summed E-state index contributed by atoms with van der Waals surface area (Å²) >= 11 is 0. The molecule has 6 nitrogen and oxygen atoms in total. The highest BCUT2D eigenvalue weighted by atomic mass is 16.5. The van der Waals surface area contributed by atoms with Gasteiger partial charge in [-0.3, -0.25) is 4.90 Å². The van der Waals surface area contributed by atoms with Crippen LogP contribution in [0.4, 0.5) is 5.95 Å². The van der Waals surface area contributed by atoms with E-state index < -0.39 is 6.10 Å². The van der Waals surface area contributed by atoms with Crippen LogP contribution >= 0.6 is 0 Å². The van der Waals surface area contributed by atoms with Gasteiger partial charge in [0.2, 0.25) is 5.95 Å². The first-order chi connectivity index (χ1) is 12.1. The summed E-state index contributed by atoms with van der Waals surface area (Å²) in [5.74, 6) is 1.63. The molecular weight excluding hydrogens is 316 g/mol. The molecule has 1 saturated heterocycles. The number of benzene rings is 1. The quantitative estimate of drug-likeness (QED) is 0.861. The lowest BCUT2D eigenvalue weighted by Crippen LogP contribution is -2.49. The van der Waals surface area contributed by atoms with E-state index in [0.717, 1.165) is 49.0 Å². The Morgan fingerprint density at radius 1 is 1.12 bits per heavy atom. The number of hydrogen-bond acceptors (Lipinski definition) is 6. The summed E-state index contributed by atoms with van der Waals surface area (Å²) in [7, 11) is 0. The highest BCUT2D eigenvalue weighted by Gasteiger charge is 2.21. The molecule has 0 amide bonds. The second-order valence-corrected chi connectivity index (χ2v) is 6.57. The molecule has 0 spiro atoms. The van der Waals surface area contributed by atoms with Gasteiger partial charge in [0.05, 0.1) is 0 Å². The predicted octanol–water partition coefficient (Wildman–Crippen LogP) is 1.66. The van der Waals surface area contributed by atoms with Crippen molar-refractivity contribution in [2.75, 3.05) is 44.2 Å². The van der Waals surface area contributed by atoms with Gasteiger partial charge in [0.15, 0.2) is 0 Å². The summed E-state index contributed by atoms with van der Waals surface area (Å²) in [5, 5.41) is 10.3. The first-order valence-corrected chi connectivity index (χ1v) is 8.74. The van der Waals surface area contributed by atoms with Crippen LogP contribution in [0.15, 0.2) is 36.7 Å². The molecule has 1 aliphatic rings. The second-order valence-electron chi connectivity index (χ2n) is 6.57. The predicted molar refractivity (Wildman–Crippen MR) is 98.1 cm³/mol. The van der Waals surface area contributed by atoms with E-state index >= 15 is 0 Å². The van der Waals surface area contributed by atoms with Crippen molar-refractivity contribution in [2.24, 2.45) is 0 Å². The number of aromatic nitrogens is 2. The molecule has 1 aromatic carbocycles. The van der Waals surface area contributed by atoms with Crippen LogP contribution < -0.4 is 9.64 Å². The molecule has 1 aromatic heterocycles. The van der Waals surface area contributed by atoms with Crippen molar-refractivity contribution in [1.82, 2.24) is 14.9 Å². The van der Waals surface area contributed by atoms with E-state index in [-0.39, 0.29) is 0 Å². The van der Waals surface area contributed by atoms with E-state index in [2.05, 4.69) is 25.8 Å². The van der Waals surface area contributed by atoms with E-state index in [0.29, 0.717) is 13.2 Å². The van der Waals surface area contributed by atoms with Gasteiger partial charge in [-0.25, -0.2) is 9.97 Å². The summed E-state index contributed by atoms with van der Waals surface area (Å²) in [4.78, 5) is 13.0. The fraction of sp³-hybridized carbons (Fsp3) is 0.474. The van der Waals surface area contributed by atoms with Crippen LogP contribution in [0.1, 0.15) is 11.1 Å². The van der Waals surface area contributed by atoms with Gasteiger partial charge >= 0.3 is 0 Å². The molecule has 0 aliphatic carbocycles. The van der Waals surface area contributed by atoms with Gasteiger partial charge in [0.1, 0.15) is 18.5 Å². The minimum atomic E-state index is -0.501. The van der Waals surface area contributed by atoms with Gasteiger partial charge in [-0.1, -0.05) is 12.1 Å². The van der Waals surface area contributed by atoms with Crippen LogP contribution in [0.2, 0.25) is 0 Å². The molecular formula is C19H26N4O2. The smallest absolute Gasteiger partial charge is 0.225 e. The molecule has 0 unspecified atom stereocenters. The molecule has 25 heavy (non-hydrogen) atoms. The average Bonchev–Trinajstić information content (AvgIpc) is 2.64. The Balaban J connectivity index is 1.43. The van der Waals surface area contributed by atoms with Gasteiger partial charge in [0, 0.05) is 45.1 Å². The van der Waals surface area contributed by atoms with Crippen molar-refractivity contribution in [3.05, 3.63) is 47.8 Å². The lowest BCUT2D eigenvalue weighted by Gasteiger charge is -2.35. The molecule has 2 aromatic rings. The van der Waals surface area contributed by atoms with Gasteiger partial charge in [0.25, 0.3) is 0 Å². The Kier molecular flexibility index (Phi) is 5.83. The topological polar surface area (TPSA) is 61.7 Å². The molecule has 1 N–H and O–H groups in total. The van der Waals surface area contributed by atoms with Crippen LogP contribution in [0.25, 0.3) is 0 Å². The van der Waals surface area contributed by atoms with E-state index in [1.54, 1.807) is 12.4 Å². The first-order valence-electron chi connectivity index (χ1n) is 8.74. The van der Waals surface area contributed by atoms with Crippen molar-refractivity contribution in [2.45, 2.75) is 20.0 Å². The summed E-state index contributed by atoms with van der Waals surface area (Å²) < 4.78 is 5.80. The van der Waals surface area contributed by atoms with Gasteiger partial charge in [-0.2, -0.15) is 0 Å². The summed E-state index contributed by atoms with van der Waals surface area (Å²) in [6, 6.07) is 7.95. The Hall–Kier alpha value is -2.18. The van der Waals surface area contributed by atoms with Crippen LogP contribution in [0, 0.1) is 13.8 Å². The Bertz CT molecular complexity index is 672. The number of β-amino-alcohol motifs (C(OH)–C–C–N with tert-alkyl or cyclic N) is 1. The first kappa shape index (κ1) is 17.6. The van der Waals surface area contributed by atoms with E-state index in [4.69, 9.17) is 4.74 Å². The number of ether oxygens (including phenoxy) is 1. The number of hydrogen-bond donors (Lipinski definition) is 1. The Morgan fingerprint density at radius 3 is 2.56 bits per heavy atom. The third-order valence-electron chi connectivity index (χ3n) is 4.45. The van der Waals surface area contributed by atoms with E-state index in [1.807, 2.05) is 32.0 Å². The number of nitrogens with zero attached hydrogens (tertiary/aromatic N) is 4. The maximum Gasteiger partial charge on any atom is 0.225 e.